The van der Waals surface area contributed by atoms with Crippen molar-refractivity contribution in [2.45, 2.75) is 39.0 Å². The van der Waals surface area contributed by atoms with E-state index in [1.165, 1.54) is 0 Å². The number of rotatable bonds is 8. The summed E-state index contributed by atoms with van der Waals surface area (Å²) in [7, 11) is -0.787. The molecule has 1 aromatic rings. The SMILES string of the molecule is CCNC(CS(=O)Cc1ccccc1)C(C)CC. The molecule has 1 N–H and O–H groups in total. The third-order valence-electron chi connectivity index (χ3n) is 3.33. The Balaban J connectivity index is 2.51. The normalized spacial score (nSPS) is 16.2. The second kappa shape index (κ2) is 8.44. The summed E-state index contributed by atoms with van der Waals surface area (Å²) in [5.41, 5.74) is 1.16. The van der Waals surface area contributed by atoms with Crippen LogP contribution in [0.3, 0.4) is 0 Å². The summed E-state index contributed by atoms with van der Waals surface area (Å²) in [4.78, 5) is 0. The van der Waals surface area contributed by atoms with Gasteiger partial charge in [0.1, 0.15) is 0 Å². The van der Waals surface area contributed by atoms with Crippen LogP contribution in [0.25, 0.3) is 0 Å². The van der Waals surface area contributed by atoms with Gasteiger partial charge >= 0.3 is 0 Å². The Labute approximate surface area is 114 Å². The second-order valence-electron chi connectivity index (χ2n) is 4.79. The Hall–Kier alpha value is -0.670. The van der Waals surface area contributed by atoms with Crippen molar-refractivity contribution in [3.05, 3.63) is 35.9 Å². The minimum atomic E-state index is -0.787. The zero-order valence-electron chi connectivity index (χ0n) is 11.7. The van der Waals surface area contributed by atoms with Crippen LogP contribution >= 0.6 is 0 Å². The van der Waals surface area contributed by atoms with Crippen LogP contribution in [0, 0.1) is 5.92 Å². The van der Waals surface area contributed by atoms with Crippen molar-refractivity contribution in [1.29, 1.82) is 0 Å². The van der Waals surface area contributed by atoms with Gasteiger partial charge in [0.25, 0.3) is 0 Å². The standard InChI is InChI=1S/C15H25NOS/c1-4-13(3)15(16-5-2)12-18(17)11-14-9-7-6-8-10-14/h6-10,13,15-16H,4-5,11-12H2,1-3H3. The van der Waals surface area contributed by atoms with Crippen LogP contribution in [-0.2, 0) is 16.6 Å². The fraction of sp³-hybridized carbons (Fsp3) is 0.600. The molecule has 0 radical (unpaired) electrons. The molecule has 0 amide bonds. The van der Waals surface area contributed by atoms with Crippen molar-refractivity contribution >= 4 is 10.8 Å². The van der Waals surface area contributed by atoms with E-state index in [1.807, 2.05) is 30.3 Å². The molecular formula is C15H25NOS. The third-order valence-corrected chi connectivity index (χ3v) is 4.72. The first-order valence-corrected chi connectivity index (χ1v) is 8.28. The second-order valence-corrected chi connectivity index (χ2v) is 6.29. The fourth-order valence-corrected chi connectivity index (χ4v) is 3.52. The molecule has 0 bridgehead atoms. The van der Waals surface area contributed by atoms with Crippen molar-refractivity contribution in [2.24, 2.45) is 5.92 Å². The van der Waals surface area contributed by atoms with E-state index in [9.17, 15) is 4.21 Å². The van der Waals surface area contributed by atoms with E-state index in [-0.39, 0.29) is 0 Å². The summed E-state index contributed by atoms with van der Waals surface area (Å²) in [5, 5.41) is 3.46. The summed E-state index contributed by atoms with van der Waals surface area (Å²) in [6.07, 6.45) is 1.13. The Morgan fingerprint density at radius 1 is 1.22 bits per heavy atom. The van der Waals surface area contributed by atoms with Gasteiger partial charge in [-0.3, -0.25) is 4.21 Å². The molecule has 3 heteroatoms. The van der Waals surface area contributed by atoms with E-state index in [2.05, 4.69) is 26.1 Å². The topological polar surface area (TPSA) is 29.1 Å². The summed E-state index contributed by atoms with van der Waals surface area (Å²) >= 11 is 0. The zero-order chi connectivity index (χ0) is 13.4. The van der Waals surface area contributed by atoms with Gasteiger partial charge in [-0.2, -0.15) is 0 Å². The van der Waals surface area contributed by atoms with E-state index in [0.29, 0.717) is 17.7 Å². The van der Waals surface area contributed by atoms with Crippen LogP contribution in [-0.4, -0.2) is 22.5 Å². The van der Waals surface area contributed by atoms with Crippen molar-refractivity contribution in [1.82, 2.24) is 5.32 Å². The van der Waals surface area contributed by atoms with Crippen LogP contribution in [0.4, 0.5) is 0 Å². The van der Waals surface area contributed by atoms with Gasteiger partial charge in [0, 0.05) is 28.3 Å². The smallest absolute Gasteiger partial charge is 0.0486 e. The fourth-order valence-electron chi connectivity index (χ4n) is 1.99. The molecule has 0 saturated heterocycles. The molecule has 0 saturated carbocycles. The quantitative estimate of drug-likeness (QED) is 0.784. The van der Waals surface area contributed by atoms with Gasteiger partial charge < -0.3 is 5.32 Å². The highest BCUT2D eigenvalue weighted by Crippen LogP contribution is 2.11. The highest BCUT2D eigenvalue weighted by Gasteiger charge is 2.17. The third kappa shape index (κ3) is 5.32. The lowest BCUT2D eigenvalue weighted by Gasteiger charge is -2.23. The number of hydrogen-bond donors (Lipinski definition) is 1. The van der Waals surface area contributed by atoms with Gasteiger partial charge in [-0.25, -0.2) is 0 Å². The van der Waals surface area contributed by atoms with Crippen LogP contribution in [0.2, 0.25) is 0 Å². The molecule has 102 valence electrons. The monoisotopic (exact) mass is 267 g/mol. The van der Waals surface area contributed by atoms with E-state index in [4.69, 9.17) is 0 Å². The Morgan fingerprint density at radius 2 is 1.89 bits per heavy atom. The average molecular weight is 267 g/mol. The van der Waals surface area contributed by atoms with Crippen LogP contribution in [0.5, 0.6) is 0 Å². The molecule has 0 aliphatic rings. The van der Waals surface area contributed by atoms with Crippen LogP contribution < -0.4 is 5.32 Å². The predicted octanol–water partition coefficient (Wildman–Crippen LogP) is 2.96. The summed E-state index contributed by atoms with van der Waals surface area (Å²) in [6, 6.07) is 10.5. The van der Waals surface area contributed by atoms with Gasteiger partial charge in [-0.1, -0.05) is 57.5 Å². The highest BCUT2D eigenvalue weighted by atomic mass is 32.2. The highest BCUT2D eigenvalue weighted by molar-refractivity contribution is 7.84. The Kier molecular flexibility index (Phi) is 7.21. The number of benzene rings is 1. The molecule has 1 rings (SSSR count). The van der Waals surface area contributed by atoms with E-state index >= 15 is 0 Å². The maximum Gasteiger partial charge on any atom is 0.0486 e. The minimum Gasteiger partial charge on any atom is -0.313 e. The molecule has 2 nitrogen and oxygen atoms in total. The van der Waals surface area contributed by atoms with E-state index < -0.39 is 10.8 Å². The summed E-state index contributed by atoms with van der Waals surface area (Å²) in [6.45, 7) is 7.47. The Morgan fingerprint density at radius 3 is 2.44 bits per heavy atom. The maximum absolute atomic E-state index is 12.2. The Bertz CT molecular complexity index is 353. The molecule has 0 aromatic heterocycles. The van der Waals surface area contributed by atoms with Gasteiger partial charge in [-0.15, -0.1) is 0 Å². The molecule has 3 unspecified atom stereocenters. The maximum atomic E-state index is 12.2. The first-order valence-electron chi connectivity index (χ1n) is 6.79. The van der Waals surface area contributed by atoms with Gasteiger partial charge in [0.2, 0.25) is 0 Å². The van der Waals surface area contributed by atoms with Crippen molar-refractivity contribution < 1.29 is 4.21 Å². The van der Waals surface area contributed by atoms with Crippen molar-refractivity contribution in [3.8, 4) is 0 Å². The first kappa shape index (κ1) is 15.4. The first-order chi connectivity index (χ1) is 8.67. The van der Waals surface area contributed by atoms with Gasteiger partial charge in [-0.05, 0) is 18.0 Å². The van der Waals surface area contributed by atoms with Crippen LogP contribution in [0.1, 0.15) is 32.8 Å². The molecule has 0 spiro atoms. The van der Waals surface area contributed by atoms with E-state index in [1.54, 1.807) is 0 Å². The molecule has 0 aliphatic heterocycles. The molecule has 0 heterocycles. The van der Waals surface area contributed by atoms with Crippen molar-refractivity contribution in [2.75, 3.05) is 12.3 Å². The van der Waals surface area contributed by atoms with Gasteiger partial charge in [0.15, 0.2) is 0 Å². The van der Waals surface area contributed by atoms with Crippen LogP contribution in [0.15, 0.2) is 30.3 Å². The lowest BCUT2D eigenvalue weighted by molar-refractivity contribution is 0.401. The minimum absolute atomic E-state index is 0.365. The molecule has 1 aromatic carbocycles. The zero-order valence-corrected chi connectivity index (χ0v) is 12.5. The average Bonchev–Trinajstić information content (AvgIpc) is 2.38. The number of nitrogens with one attached hydrogen (secondary N) is 1. The largest absolute Gasteiger partial charge is 0.313 e. The molecule has 3 atom stereocenters. The molecule has 0 aliphatic carbocycles. The summed E-state index contributed by atoms with van der Waals surface area (Å²) < 4.78 is 12.2. The molecular weight excluding hydrogens is 242 g/mol. The lowest BCUT2D eigenvalue weighted by Crippen LogP contribution is -2.39. The van der Waals surface area contributed by atoms with Gasteiger partial charge in [0.05, 0.1) is 0 Å². The summed E-state index contributed by atoms with van der Waals surface area (Å²) in [5.74, 6) is 1.99. The van der Waals surface area contributed by atoms with E-state index in [0.717, 1.165) is 24.3 Å². The molecule has 18 heavy (non-hydrogen) atoms. The molecule has 0 fully saturated rings. The lowest BCUT2D eigenvalue weighted by atomic mass is 10.0. The predicted molar refractivity (Wildman–Crippen MR) is 80.1 cm³/mol. The number of hydrogen-bond acceptors (Lipinski definition) is 2. The van der Waals surface area contributed by atoms with Crippen molar-refractivity contribution in [3.63, 3.8) is 0 Å².